The summed E-state index contributed by atoms with van der Waals surface area (Å²) in [5, 5.41) is 3.80. The second kappa shape index (κ2) is 3.68. The lowest BCUT2D eigenvalue weighted by molar-refractivity contribution is 0.101. The number of aromatic nitrogens is 2. The molecule has 72 valence electrons. The Hall–Kier alpha value is -1.19. The van der Waals surface area contributed by atoms with E-state index < -0.39 is 5.95 Å². The van der Waals surface area contributed by atoms with E-state index in [0.717, 1.165) is 0 Å². The summed E-state index contributed by atoms with van der Waals surface area (Å²) in [6.07, 6.45) is 1.28. The maximum Gasteiger partial charge on any atom is 0.222 e. The van der Waals surface area contributed by atoms with Crippen molar-refractivity contribution in [1.29, 1.82) is 0 Å². The predicted octanol–water partition coefficient (Wildman–Crippen LogP) is 1.88. The van der Waals surface area contributed by atoms with Crippen molar-refractivity contribution in [1.82, 2.24) is 9.78 Å². The zero-order chi connectivity index (χ0) is 10.0. The van der Waals surface area contributed by atoms with Crippen LogP contribution in [-0.2, 0) is 6.54 Å². The third-order valence-corrected chi connectivity index (χ3v) is 1.69. The van der Waals surface area contributed by atoms with Crippen LogP contribution in [0, 0.1) is 11.9 Å². The predicted molar refractivity (Wildman–Crippen MR) is 47.0 cm³/mol. The molecule has 0 saturated heterocycles. The van der Waals surface area contributed by atoms with E-state index in [2.05, 4.69) is 5.10 Å². The Balaban J connectivity index is 2.93. The first-order valence-electron chi connectivity index (χ1n) is 4.24. The van der Waals surface area contributed by atoms with Crippen molar-refractivity contribution in [2.24, 2.45) is 5.92 Å². The molecule has 0 atom stereocenters. The van der Waals surface area contributed by atoms with Gasteiger partial charge < -0.3 is 0 Å². The third kappa shape index (κ3) is 2.14. The standard InChI is InChI=1S/C9H13FN2O/c1-6(2)5-12-9(10)8(4-11-12)7(3)13/h4,6H,5H2,1-3H3. The topological polar surface area (TPSA) is 34.9 Å². The summed E-state index contributed by atoms with van der Waals surface area (Å²) in [6, 6.07) is 0. The molecule has 4 heteroatoms. The first-order valence-corrected chi connectivity index (χ1v) is 4.24. The molecule has 1 aromatic heterocycles. The largest absolute Gasteiger partial charge is 0.294 e. The highest BCUT2D eigenvalue weighted by Gasteiger charge is 2.14. The summed E-state index contributed by atoms with van der Waals surface area (Å²) in [4.78, 5) is 10.9. The number of nitrogens with zero attached hydrogens (tertiary/aromatic N) is 2. The Kier molecular flexibility index (Phi) is 2.80. The molecule has 0 bridgehead atoms. The fraction of sp³-hybridized carbons (Fsp3) is 0.556. The molecule has 0 saturated carbocycles. The van der Waals surface area contributed by atoms with Crippen LogP contribution in [0.5, 0.6) is 0 Å². The highest BCUT2D eigenvalue weighted by Crippen LogP contribution is 2.09. The number of ketones is 1. The van der Waals surface area contributed by atoms with Crippen molar-refractivity contribution in [3.63, 3.8) is 0 Å². The molecule has 0 spiro atoms. The normalized spacial score (nSPS) is 10.8. The van der Waals surface area contributed by atoms with Gasteiger partial charge in [0.15, 0.2) is 5.78 Å². The van der Waals surface area contributed by atoms with Crippen LogP contribution < -0.4 is 0 Å². The molecule has 13 heavy (non-hydrogen) atoms. The molecule has 1 aromatic rings. The van der Waals surface area contributed by atoms with Crippen LogP contribution in [0.15, 0.2) is 6.20 Å². The molecule has 0 N–H and O–H groups in total. The Morgan fingerprint density at radius 2 is 2.31 bits per heavy atom. The van der Waals surface area contributed by atoms with Gasteiger partial charge in [-0.15, -0.1) is 0 Å². The van der Waals surface area contributed by atoms with E-state index in [0.29, 0.717) is 12.5 Å². The van der Waals surface area contributed by atoms with Crippen molar-refractivity contribution >= 4 is 5.78 Å². The average Bonchev–Trinajstić information content (AvgIpc) is 2.32. The summed E-state index contributed by atoms with van der Waals surface area (Å²) < 4.78 is 14.5. The SMILES string of the molecule is CC(=O)c1cnn(CC(C)C)c1F. The van der Waals surface area contributed by atoms with Crippen LogP contribution in [0.1, 0.15) is 31.1 Å². The lowest BCUT2D eigenvalue weighted by Crippen LogP contribution is -2.09. The van der Waals surface area contributed by atoms with Crippen LogP contribution in [0.4, 0.5) is 4.39 Å². The van der Waals surface area contributed by atoms with E-state index in [1.807, 2.05) is 13.8 Å². The molecule has 0 amide bonds. The first-order chi connectivity index (χ1) is 6.02. The second-order valence-corrected chi connectivity index (χ2v) is 3.48. The summed E-state index contributed by atoms with van der Waals surface area (Å²) in [5.41, 5.74) is 0.0700. The summed E-state index contributed by atoms with van der Waals surface area (Å²) in [5.74, 6) is -0.497. The summed E-state index contributed by atoms with van der Waals surface area (Å²) in [6.45, 7) is 5.77. The molecule has 0 aliphatic heterocycles. The molecular weight excluding hydrogens is 171 g/mol. The van der Waals surface area contributed by atoms with Gasteiger partial charge in [0.25, 0.3) is 0 Å². The molecule has 3 nitrogen and oxygen atoms in total. The van der Waals surface area contributed by atoms with E-state index in [1.54, 1.807) is 0 Å². The van der Waals surface area contributed by atoms with Crippen molar-refractivity contribution in [2.75, 3.05) is 0 Å². The fourth-order valence-electron chi connectivity index (χ4n) is 1.08. The van der Waals surface area contributed by atoms with Crippen LogP contribution in [0.25, 0.3) is 0 Å². The van der Waals surface area contributed by atoms with Gasteiger partial charge in [-0.2, -0.15) is 9.49 Å². The molecule has 0 unspecified atom stereocenters. The number of halogens is 1. The molecule has 0 aliphatic carbocycles. The number of Topliss-reactive ketones (excluding diaryl/α,β-unsaturated/α-hetero) is 1. The summed E-state index contributed by atoms with van der Waals surface area (Å²) >= 11 is 0. The molecule has 0 aliphatic rings. The average molecular weight is 184 g/mol. The van der Waals surface area contributed by atoms with E-state index in [-0.39, 0.29) is 11.3 Å². The van der Waals surface area contributed by atoms with E-state index in [4.69, 9.17) is 0 Å². The van der Waals surface area contributed by atoms with Gasteiger partial charge in [-0.3, -0.25) is 4.79 Å². The van der Waals surface area contributed by atoms with Crippen LogP contribution in [0.3, 0.4) is 0 Å². The van der Waals surface area contributed by atoms with E-state index in [1.165, 1.54) is 17.8 Å². The minimum atomic E-state index is -0.527. The number of carbonyl (C=O) groups excluding carboxylic acids is 1. The maximum absolute atomic E-state index is 13.3. The van der Waals surface area contributed by atoms with E-state index >= 15 is 0 Å². The molecular formula is C9H13FN2O. The smallest absolute Gasteiger partial charge is 0.222 e. The highest BCUT2D eigenvalue weighted by molar-refractivity contribution is 5.93. The zero-order valence-corrected chi connectivity index (χ0v) is 8.04. The van der Waals surface area contributed by atoms with Crippen molar-refractivity contribution in [3.05, 3.63) is 17.7 Å². The van der Waals surface area contributed by atoms with Crippen molar-refractivity contribution in [2.45, 2.75) is 27.3 Å². The molecule has 0 radical (unpaired) electrons. The van der Waals surface area contributed by atoms with Crippen LogP contribution in [0.2, 0.25) is 0 Å². The van der Waals surface area contributed by atoms with Gasteiger partial charge in [0.05, 0.1) is 11.8 Å². The van der Waals surface area contributed by atoms with Crippen LogP contribution in [-0.4, -0.2) is 15.6 Å². The molecule has 1 rings (SSSR count). The monoisotopic (exact) mass is 184 g/mol. The molecule has 0 fully saturated rings. The molecule has 0 aromatic carbocycles. The first kappa shape index (κ1) is 9.89. The Labute approximate surface area is 76.6 Å². The minimum Gasteiger partial charge on any atom is -0.294 e. The number of rotatable bonds is 3. The van der Waals surface area contributed by atoms with Gasteiger partial charge in [-0.25, -0.2) is 4.68 Å². The Morgan fingerprint density at radius 3 is 2.69 bits per heavy atom. The minimum absolute atomic E-state index is 0.0700. The lowest BCUT2D eigenvalue weighted by Gasteiger charge is -2.04. The quantitative estimate of drug-likeness (QED) is 0.672. The van der Waals surface area contributed by atoms with Gasteiger partial charge >= 0.3 is 0 Å². The summed E-state index contributed by atoms with van der Waals surface area (Å²) in [7, 11) is 0. The van der Waals surface area contributed by atoms with Crippen molar-refractivity contribution < 1.29 is 9.18 Å². The third-order valence-electron chi connectivity index (χ3n) is 1.69. The van der Waals surface area contributed by atoms with Gasteiger partial charge in [0, 0.05) is 6.54 Å². The maximum atomic E-state index is 13.3. The Morgan fingerprint density at radius 1 is 1.69 bits per heavy atom. The van der Waals surface area contributed by atoms with Crippen molar-refractivity contribution in [3.8, 4) is 0 Å². The van der Waals surface area contributed by atoms with Gasteiger partial charge in [0.1, 0.15) is 0 Å². The molecule has 1 heterocycles. The zero-order valence-electron chi connectivity index (χ0n) is 8.04. The number of carbonyl (C=O) groups is 1. The number of hydrogen-bond acceptors (Lipinski definition) is 2. The van der Waals surface area contributed by atoms with Crippen LogP contribution >= 0.6 is 0 Å². The Bertz CT molecular complexity index is 317. The van der Waals surface area contributed by atoms with Gasteiger partial charge in [-0.05, 0) is 12.8 Å². The van der Waals surface area contributed by atoms with E-state index in [9.17, 15) is 9.18 Å². The van der Waals surface area contributed by atoms with Gasteiger partial charge in [0.2, 0.25) is 5.95 Å². The second-order valence-electron chi connectivity index (χ2n) is 3.48. The number of hydrogen-bond donors (Lipinski definition) is 0. The lowest BCUT2D eigenvalue weighted by atomic mass is 10.2. The van der Waals surface area contributed by atoms with Gasteiger partial charge in [-0.1, -0.05) is 13.8 Å². The fourth-order valence-corrected chi connectivity index (χ4v) is 1.08. The highest BCUT2D eigenvalue weighted by atomic mass is 19.1.